The van der Waals surface area contributed by atoms with E-state index in [2.05, 4.69) is 64.9 Å². The average Bonchev–Trinajstić information content (AvgIpc) is 2.74. The summed E-state index contributed by atoms with van der Waals surface area (Å²) in [6, 6.07) is 8.75. The quantitative estimate of drug-likeness (QED) is 0.739. The molecule has 3 atom stereocenters. The van der Waals surface area contributed by atoms with E-state index in [1.807, 2.05) is 6.20 Å². The minimum atomic E-state index is 0.322. The van der Waals surface area contributed by atoms with Gasteiger partial charge in [0.25, 0.3) is 0 Å². The third-order valence-electron chi connectivity index (χ3n) is 4.90. The largest absolute Gasteiger partial charge is 0.349 e. The van der Waals surface area contributed by atoms with Crippen LogP contribution in [-0.4, -0.2) is 23.2 Å². The number of para-hydroxylation sites is 1. The fourth-order valence-electron chi connectivity index (χ4n) is 4.01. The van der Waals surface area contributed by atoms with Gasteiger partial charge in [-0.3, -0.25) is 0 Å². The van der Waals surface area contributed by atoms with Crippen molar-refractivity contribution in [2.24, 2.45) is 5.92 Å². The Hall–Kier alpha value is -2.10. The van der Waals surface area contributed by atoms with Crippen LogP contribution in [0, 0.1) is 5.92 Å². The second-order valence-electron chi connectivity index (χ2n) is 6.30. The molecule has 2 aromatic rings. The molecule has 4 nitrogen and oxygen atoms in total. The molecule has 2 aliphatic heterocycles. The number of hydrogen-bond acceptors (Lipinski definition) is 4. The first-order valence-electron chi connectivity index (χ1n) is 7.59. The van der Waals surface area contributed by atoms with E-state index in [1.165, 1.54) is 17.7 Å². The number of hydrogen-bond donors (Lipinski definition) is 0. The number of benzene rings is 1. The summed E-state index contributed by atoms with van der Waals surface area (Å²) in [5.74, 6) is 2.16. The summed E-state index contributed by atoms with van der Waals surface area (Å²) < 4.78 is 0. The van der Waals surface area contributed by atoms with Crippen LogP contribution in [0.2, 0.25) is 0 Å². The van der Waals surface area contributed by atoms with Gasteiger partial charge in [-0.15, -0.1) is 0 Å². The van der Waals surface area contributed by atoms with E-state index in [0.29, 0.717) is 18.0 Å². The van der Waals surface area contributed by atoms with Gasteiger partial charge in [0, 0.05) is 12.7 Å². The fraction of sp³-hybridized carbons (Fsp3) is 0.412. The summed E-state index contributed by atoms with van der Waals surface area (Å²) in [5.41, 5.74) is 3.84. The van der Waals surface area contributed by atoms with Gasteiger partial charge >= 0.3 is 0 Å². The first-order chi connectivity index (χ1) is 10.2. The number of aromatic nitrogens is 2. The number of nitrogens with zero attached hydrogens (tertiary/aromatic N) is 4. The molecule has 0 N–H and O–H groups in total. The summed E-state index contributed by atoms with van der Waals surface area (Å²) in [6.45, 7) is 4.67. The maximum atomic E-state index is 4.57. The first-order valence-corrected chi connectivity index (χ1v) is 7.59. The van der Waals surface area contributed by atoms with E-state index in [-0.39, 0.29) is 0 Å². The van der Waals surface area contributed by atoms with Crippen molar-refractivity contribution in [3.8, 4) is 0 Å². The van der Waals surface area contributed by atoms with Crippen molar-refractivity contribution < 1.29 is 0 Å². The van der Waals surface area contributed by atoms with Gasteiger partial charge in [-0.05, 0) is 29.9 Å². The maximum Gasteiger partial charge on any atom is 0.161 e. The van der Waals surface area contributed by atoms with E-state index < -0.39 is 0 Å². The van der Waals surface area contributed by atoms with Crippen molar-refractivity contribution in [2.45, 2.75) is 32.4 Å². The van der Waals surface area contributed by atoms with Gasteiger partial charge in [0.1, 0.15) is 18.2 Å². The molecule has 2 aliphatic rings. The van der Waals surface area contributed by atoms with Crippen molar-refractivity contribution in [3.63, 3.8) is 0 Å². The highest BCUT2D eigenvalue weighted by Gasteiger charge is 2.42. The van der Waals surface area contributed by atoms with Gasteiger partial charge in [0.15, 0.2) is 5.82 Å². The molecule has 0 spiro atoms. The van der Waals surface area contributed by atoms with Gasteiger partial charge in [-0.2, -0.15) is 0 Å². The monoisotopic (exact) mass is 280 g/mol. The van der Waals surface area contributed by atoms with Gasteiger partial charge in [0.05, 0.1) is 6.20 Å². The molecule has 21 heavy (non-hydrogen) atoms. The molecule has 0 aliphatic carbocycles. The third kappa shape index (κ3) is 1.68. The molecule has 0 radical (unpaired) electrons. The fourth-order valence-corrected chi connectivity index (χ4v) is 4.01. The number of rotatable bonds is 0. The standard InChI is InChI=1S/C17H20N4/c1-11-8-12(2)17-20(3)15-9-18-10-19-16(15)21(17)14-7-5-4-6-13(11)14/h4-7,9-12,17H,8H2,1-3H3. The normalized spacial score (nSPS) is 26.9. The van der Waals surface area contributed by atoms with Crippen LogP contribution < -0.4 is 9.80 Å². The Kier molecular flexibility index (Phi) is 2.67. The minimum absolute atomic E-state index is 0.322. The van der Waals surface area contributed by atoms with Crippen molar-refractivity contribution in [2.75, 3.05) is 16.8 Å². The lowest BCUT2D eigenvalue weighted by atomic mass is 9.91. The molecule has 4 heteroatoms. The average molecular weight is 280 g/mol. The zero-order valence-electron chi connectivity index (χ0n) is 12.7. The van der Waals surface area contributed by atoms with Crippen LogP contribution in [0.1, 0.15) is 31.7 Å². The van der Waals surface area contributed by atoms with Crippen molar-refractivity contribution in [1.29, 1.82) is 0 Å². The second kappa shape index (κ2) is 4.45. The summed E-state index contributed by atoms with van der Waals surface area (Å²) in [4.78, 5) is 13.5. The van der Waals surface area contributed by atoms with Gasteiger partial charge < -0.3 is 9.80 Å². The predicted molar refractivity (Wildman–Crippen MR) is 85.0 cm³/mol. The molecule has 0 amide bonds. The van der Waals surface area contributed by atoms with E-state index in [4.69, 9.17) is 0 Å². The second-order valence-corrected chi connectivity index (χ2v) is 6.30. The Morgan fingerprint density at radius 1 is 1.14 bits per heavy atom. The van der Waals surface area contributed by atoms with E-state index >= 15 is 0 Å². The van der Waals surface area contributed by atoms with Crippen molar-refractivity contribution >= 4 is 17.2 Å². The number of anilines is 3. The lowest BCUT2D eigenvalue weighted by Crippen LogP contribution is -2.43. The molecule has 0 bridgehead atoms. The molecular formula is C17H20N4. The van der Waals surface area contributed by atoms with Crippen LogP contribution in [0.3, 0.4) is 0 Å². The molecule has 3 unspecified atom stereocenters. The Morgan fingerprint density at radius 3 is 2.81 bits per heavy atom. The highest BCUT2D eigenvalue weighted by Crippen LogP contribution is 2.49. The van der Waals surface area contributed by atoms with E-state index in [0.717, 1.165) is 11.5 Å². The molecule has 4 rings (SSSR count). The smallest absolute Gasteiger partial charge is 0.161 e. The van der Waals surface area contributed by atoms with Crippen LogP contribution in [0.25, 0.3) is 0 Å². The molecular weight excluding hydrogens is 260 g/mol. The van der Waals surface area contributed by atoms with E-state index in [1.54, 1.807) is 6.33 Å². The van der Waals surface area contributed by atoms with Gasteiger partial charge in [0.2, 0.25) is 0 Å². The Balaban J connectivity index is 1.97. The minimum Gasteiger partial charge on any atom is -0.349 e. The van der Waals surface area contributed by atoms with Crippen LogP contribution in [0.15, 0.2) is 36.8 Å². The summed E-state index contributed by atoms with van der Waals surface area (Å²) in [7, 11) is 2.15. The molecule has 108 valence electrons. The Labute approximate surface area is 125 Å². The maximum absolute atomic E-state index is 4.57. The summed E-state index contributed by atoms with van der Waals surface area (Å²) in [5, 5.41) is 0. The van der Waals surface area contributed by atoms with Gasteiger partial charge in [-0.1, -0.05) is 32.0 Å². The van der Waals surface area contributed by atoms with Crippen molar-refractivity contribution in [3.05, 3.63) is 42.4 Å². The zero-order valence-corrected chi connectivity index (χ0v) is 12.7. The predicted octanol–water partition coefficient (Wildman–Crippen LogP) is 3.53. The lowest BCUT2D eigenvalue weighted by Gasteiger charge is -2.33. The molecule has 1 aromatic carbocycles. The molecule has 0 saturated heterocycles. The summed E-state index contributed by atoms with van der Waals surface area (Å²) >= 11 is 0. The van der Waals surface area contributed by atoms with Gasteiger partial charge in [-0.25, -0.2) is 9.97 Å². The van der Waals surface area contributed by atoms with E-state index in [9.17, 15) is 0 Å². The summed E-state index contributed by atoms with van der Waals surface area (Å²) in [6.07, 6.45) is 5.08. The lowest BCUT2D eigenvalue weighted by molar-refractivity contribution is 0.414. The molecule has 1 aromatic heterocycles. The highest BCUT2D eigenvalue weighted by atomic mass is 15.4. The Morgan fingerprint density at radius 2 is 1.95 bits per heavy atom. The molecule has 3 heterocycles. The Bertz CT molecular complexity index is 684. The SMILES string of the molecule is CC1CC(C)C2N(C)c3cncnc3N2c2ccccc21. The van der Waals surface area contributed by atoms with Crippen LogP contribution >= 0.6 is 0 Å². The van der Waals surface area contributed by atoms with Crippen molar-refractivity contribution in [1.82, 2.24) is 9.97 Å². The van der Waals surface area contributed by atoms with Crippen LogP contribution in [-0.2, 0) is 0 Å². The first kappa shape index (κ1) is 12.6. The zero-order chi connectivity index (χ0) is 14.6. The third-order valence-corrected chi connectivity index (χ3v) is 4.90. The van der Waals surface area contributed by atoms with Crippen LogP contribution in [0.4, 0.5) is 17.2 Å². The topological polar surface area (TPSA) is 32.3 Å². The number of fused-ring (bicyclic) bond motifs is 5. The highest BCUT2D eigenvalue weighted by molar-refractivity contribution is 5.81. The van der Waals surface area contributed by atoms with Crippen LogP contribution in [0.5, 0.6) is 0 Å². The molecule has 0 saturated carbocycles. The molecule has 0 fully saturated rings.